The van der Waals surface area contributed by atoms with Crippen molar-refractivity contribution in [2.45, 2.75) is 25.7 Å². The van der Waals surface area contributed by atoms with Gasteiger partial charge in [0.1, 0.15) is 0 Å². The van der Waals surface area contributed by atoms with Crippen LogP contribution in [0.5, 0.6) is 0 Å². The van der Waals surface area contributed by atoms with Gasteiger partial charge in [0.15, 0.2) is 0 Å². The number of urea groups is 1. The van der Waals surface area contributed by atoms with E-state index in [9.17, 15) is 10.1 Å². The third kappa shape index (κ3) is 3.27. The fraction of sp³-hybridized carbons (Fsp3) is 0.348. The molecule has 2 heterocycles. The molecule has 0 saturated carbocycles. The summed E-state index contributed by atoms with van der Waals surface area (Å²) in [4.78, 5) is 20.6. The van der Waals surface area contributed by atoms with Crippen LogP contribution in [0, 0.1) is 11.3 Å². The topological polar surface area (TPSA) is 60.2 Å². The Balaban J connectivity index is 1.79. The summed E-state index contributed by atoms with van der Waals surface area (Å²) in [6.07, 6.45) is 5.39. The quantitative estimate of drug-likeness (QED) is 0.709. The maximum atomic E-state index is 12.3. The van der Waals surface area contributed by atoms with E-state index in [0.717, 1.165) is 44.5 Å². The van der Waals surface area contributed by atoms with E-state index >= 15 is 0 Å². The van der Waals surface area contributed by atoms with Crippen LogP contribution in [-0.2, 0) is 12.8 Å². The van der Waals surface area contributed by atoms with Gasteiger partial charge in [-0.3, -0.25) is 4.98 Å². The number of amides is 2. The number of hydrogen-bond donors (Lipinski definition) is 0. The molecule has 1 fully saturated rings. The Kier molecular flexibility index (Phi) is 4.87. The second-order valence-electron chi connectivity index (χ2n) is 7.64. The monoisotopic (exact) mass is 372 g/mol. The number of hydrogen-bond acceptors (Lipinski definition) is 3. The van der Waals surface area contributed by atoms with Crippen LogP contribution in [0.2, 0.25) is 0 Å². The maximum absolute atomic E-state index is 12.3. The van der Waals surface area contributed by atoms with E-state index in [1.54, 1.807) is 19.0 Å². The predicted octanol–water partition coefficient (Wildman–Crippen LogP) is 3.63. The highest BCUT2D eigenvalue weighted by Crippen LogP contribution is 2.37. The Bertz CT molecular complexity index is 990. The van der Waals surface area contributed by atoms with Gasteiger partial charge in [-0.1, -0.05) is 17.7 Å². The van der Waals surface area contributed by atoms with E-state index in [0.29, 0.717) is 5.56 Å². The van der Waals surface area contributed by atoms with Gasteiger partial charge in [0.2, 0.25) is 0 Å². The number of rotatable bonds is 0. The molecule has 1 aromatic heterocycles. The Labute approximate surface area is 165 Å². The second kappa shape index (κ2) is 7.47. The molecule has 5 heteroatoms. The standard InChI is InChI=1S/C23H24N4O/c1-26(2)23(28)27-12-9-17(10-13-27)21-20-8-5-16(15-24)14-19(20)7-6-18-4-3-11-25-22(18)21/h3-5,8,11,14H,6-7,9-10,12-13H2,1-2H3. The fourth-order valence-electron chi connectivity index (χ4n) is 4.23. The van der Waals surface area contributed by atoms with Gasteiger partial charge in [-0.2, -0.15) is 5.26 Å². The van der Waals surface area contributed by atoms with Crippen LogP contribution < -0.4 is 0 Å². The molecule has 1 saturated heterocycles. The lowest BCUT2D eigenvalue weighted by Gasteiger charge is -2.32. The number of carbonyl (C=O) groups excluding carboxylic acids is 1. The molecule has 1 aliphatic heterocycles. The first-order valence-electron chi connectivity index (χ1n) is 9.74. The highest BCUT2D eigenvalue weighted by molar-refractivity contribution is 5.85. The van der Waals surface area contributed by atoms with Crippen molar-refractivity contribution in [1.29, 1.82) is 5.26 Å². The summed E-state index contributed by atoms with van der Waals surface area (Å²) in [7, 11) is 3.59. The molecule has 0 unspecified atom stereocenters. The van der Waals surface area contributed by atoms with Gasteiger partial charge in [-0.25, -0.2) is 4.79 Å². The van der Waals surface area contributed by atoms with Gasteiger partial charge >= 0.3 is 6.03 Å². The zero-order chi connectivity index (χ0) is 19.7. The summed E-state index contributed by atoms with van der Waals surface area (Å²) in [5.41, 5.74) is 8.00. The van der Waals surface area contributed by atoms with Crippen LogP contribution in [0.1, 0.15) is 40.8 Å². The fourth-order valence-corrected chi connectivity index (χ4v) is 4.23. The van der Waals surface area contributed by atoms with Crippen LogP contribution in [0.15, 0.2) is 42.1 Å². The number of nitriles is 1. The smallest absolute Gasteiger partial charge is 0.319 e. The van der Waals surface area contributed by atoms with Crippen LogP contribution >= 0.6 is 0 Å². The number of aromatic nitrogens is 1. The molecule has 0 radical (unpaired) electrons. The Morgan fingerprint density at radius 1 is 1.11 bits per heavy atom. The number of likely N-dealkylation sites (tertiary alicyclic amines) is 1. The number of benzene rings is 1. The van der Waals surface area contributed by atoms with Gasteiger partial charge < -0.3 is 9.80 Å². The minimum Gasteiger partial charge on any atom is -0.331 e. The number of carbonyl (C=O) groups is 1. The van der Waals surface area contributed by atoms with E-state index in [-0.39, 0.29) is 6.03 Å². The number of piperidine rings is 1. The van der Waals surface area contributed by atoms with E-state index in [1.807, 2.05) is 29.3 Å². The van der Waals surface area contributed by atoms with Crippen LogP contribution in [0.3, 0.4) is 0 Å². The summed E-state index contributed by atoms with van der Waals surface area (Å²) in [6, 6.07) is 12.5. The molecule has 1 aromatic carbocycles. The van der Waals surface area contributed by atoms with Gasteiger partial charge in [-0.05, 0) is 60.6 Å². The minimum atomic E-state index is 0.0718. The molecular formula is C23H24N4O. The number of fused-ring (bicyclic) bond motifs is 2. The van der Waals surface area contributed by atoms with E-state index in [4.69, 9.17) is 4.98 Å². The van der Waals surface area contributed by atoms with Crippen molar-refractivity contribution >= 4 is 11.6 Å². The average molecular weight is 372 g/mol. The highest BCUT2D eigenvalue weighted by atomic mass is 16.2. The molecule has 2 amide bonds. The molecule has 5 nitrogen and oxygen atoms in total. The lowest BCUT2D eigenvalue weighted by atomic mass is 9.88. The largest absolute Gasteiger partial charge is 0.331 e. The minimum absolute atomic E-state index is 0.0718. The predicted molar refractivity (Wildman–Crippen MR) is 109 cm³/mol. The zero-order valence-corrected chi connectivity index (χ0v) is 16.4. The molecule has 0 atom stereocenters. The Morgan fingerprint density at radius 3 is 2.57 bits per heavy atom. The molecule has 0 bridgehead atoms. The van der Waals surface area contributed by atoms with Gasteiger partial charge in [0.25, 0.3) is 0 Å². The SMILES string of the molecule is CN(C)C(=O)N1CCC(=C2c3ccc(C#N)cc3CCc3cccnc32)CC1. The summed E-state index contributed by atoms with van der Waals surface area (Å²) in [6.45, 7) is 1.45. The lowest BCUT2D eigenvalue weighted by molar-refractivity contribution is 0.167. The van der Waals surface area contributed by atoms with E-state index < -0.39 is 0 Å². The summed E-state index contributed by atoms with van der Waals surface area (Å²) in [5, 5.41) is 9.31. The Hall–Kier alpha value is -3.13. The number of aryl methyl sites for hydroxylation is 2. The molecule has 1 aliphatic carbocycles. The molecule has 2 aromatic rings. The van der Waals surface area contributed by atoms with Gasteiger partial charge in [0, 0.05) is 39.0 Å². The third-order valence-electron chi connectivity index (χ3n) is 5.67. The van der Waals surface area contributed by atoms with Crippen LogP contribution in [0.25, 0.3) is 5.57 Å². The van der Waals surface area contributed by atoms with Crippen molar-refractivity contribution in [2.75, 3.05) is 27.2 Å². The molecule has 0 N–H and O–H groups in total. The summed E-state index contributed by atoms with van der Waals surface area (Å²) >= 11 is 0. The first-order chi connectivity index (χ1) is 13.6. The average Bonchev–Trinajstić information content (AvgIpc) is 2.89. The first-order valence-corrected chi connectivity index (χ1v) is 9.74. The summed E-state index contributed by atoms with van der Waals surface area (Å²) in [5.74, 6) is 0. The number of nitrogens with zero attached hydrogens (tertiary/aromatic N) is 4. The van der Waals surface area contributed by atoms with E-state index in [2.05, 4.69) is 18.2 Å². The van der Waals surface area contributed by atoms with Crippen molar-refractivity contribution < 1.29 is 4.79 Å². The third-order valence-corrected chi connectivity index (χ3v) is 5.67. The van der Waals surface area contributed by atoms with Crippen molar-refractivity contribution in [3.05, 3.63) is 70.0 Å². The van der Waals surface area contributed by atoms with Crippen molar-refractivity contribution in [1.82, 2.24) is 14.8 Å². The van der Waals surface area contributed by atoms with Gasteiger partial charge in [0.05, 0.1) is 17.3 Å². The highest BCUT2D eigenvalue weighted by Gasteiger charge is 2.26. The van der Waals surface area contributed by atoms with Crippen molar-refractivity contribution in [3.8, 4) is 6.07 Å². The van der Waals surface area contributed by atoms with E-state index in [1.165, 1.54) is 27.8 Å². The molecule has 142 valence electrons. The van der Waals surface area contributed by atoms with Crippen LogP contribution in [-0.4, -0.2) is 48.0 Å². The number of pyridine rings is 1. The first kappa shape index (κ1) is 18.2. The second-order valence-corrected chi connectivity index (χ2v) is 7.64. The molecular weight excluding hydrogens is 348 g/mol. The summed E-state index contributed by atoms with van der Waals surface area (Å²) < 4.78 is 0. The maximum Gasteiger partial charge on any atom is 0.319 e. The van der Waals surface area contributed by atoms with Gasteiger partial charge in [-0.15, -0.1) is 0 Å². The van der Waals surface area contributed by atoms with Crippen molar-refractivity contribution in [3.63, 3.8) is 0 Å². The molecule has 4 rings (SSSR count). The van der Waals surface area contributed by atoms with Crippen molar-refractivity contribution in [2.24, 2.45) is 0 Å². The Morgan fingerprint density at radius 2 is 1.86 bits per heavy atom. The molecule has 2 aliphatic rings. The zero-order valence-electron chi connectivity index (χ0n) is 16.4. The molecule has 28 heavy (non-hydrogen) atoms. The van der Waals surface area contributed by atoms with Crippen LogP contribution in [0.4, 0.5) is 4.79 Å². The lowest BCUT2D eigenvalue weighted by Crippen LogP contribution is -2.42. The normalized spacial score (nSPS) is 16.0. The molecule has 0 spiro atoms.